The highest BCUT2D eigenvalue weighted by Crippen LogP contribution is 2.29. The van der Waals surface area contributed by atoms with Gasteiger partial charge in [-0.3, -0.25) is 4.79 Å². The number of ether oxygens (including phenoxy) is 1. The average molecular weight is 232 g/mol. The summed E-state index contributed by atoms with van der Waals surface area (Å²) in [7, 11) is 0. The van der Waals surface area contributed by atoms with Gasteiger partial charge in [-0.2, -0.15) is 0 Å². The molecule has 0 saturated carbocycles. The van der Waals surface area contributed by atoms with Gasteiger partial charge in [0.25, 0.3) is 3.79 Å². The number of halogens is 3. The molecule has 1 aliphatic heterocycles. The number of carbonyl (C=O) groups is 1. The van der Waals surface area contributed by atoms with Crippen molar-refractivity contribution < 1.29 is 9.53 Å². The van der Waals surface area contributed by atoms with E-state index in [-0.39, 0.29) is 0 Å². The monoisotopic (exact) mass is 231 g/mol. The van der Waals surface area contributed by atoms with Crippen molar-refractivity contribution in [2.45, 2.75) is 9.90 Å². The predicted molar refractivity (Wildman–Crippen MR) is 47.9 cm³/mol. The Labute approximate surface area is 85.3 Å². The highest BCUT2D eigenvalue weighted by molar-refractivity contribution is 6.76. The van der Waals surface area contributed by atoms with Crippen LogP contribution in [0.2, 0.25) is 0 Å². The highest BCUT2D eigenvalue weighted by atomic mass is 35.6. The Morgan fingerprint density at radius 1 is 1.50 bits per heavy atom. The van der Waals surface area contributed by atoms with Gasteiger partial charge in [0.05, 0.1) is 6.61 Å². The van der Waals surface area contributed by atoms with Gasteiger partial charge >= 0.3 is 0 Å². The van der Waals surface area contributed by atoms with Crippen molar-refractivity contribution in [2.75, 3.05) is 19.7 Å². The van der Waals surface area contributed by atoms with Gasteiger partial charge in [0, 0.05) is 13.1 Å². The Kier molecular flexibility index (Phi) is 3.61. The molecule has 0 radical (unpaired) electrons. The summed E-state index contributed by atoms with van der Waals surface area (Å²) in [5.74, 6) is -0.514. The number of carbonyl (C=O) groups excluding carboxylic acids is 1. The first-order chi connectivity index (χ1) is 5.52. The van der Waals surface area contributed by atoms with Gasteiger partial charge in [0.1, 0.15) is 6.10 Å². The van der Waals surface area contributed by atoms with Crippen molar-refractivity contribution in [3.05, 3.63) is 0 Å². The molecule has 1 unspecified atom stereocenters. The second kappa shape index (κ2) is 4.11. The summed E-state index contributed by atoms with van der Waals surface area (Å²) in [5, 5.41) is 2.97. The van der Waals surface area contributed by atoms with Gasteiger partial charge in [0.2, 0.25) is 5.78 Å². The summed E-state index contributed by atoms with van der Waals surface area (Å²) in [4.78, 5) is 11.3. The largest absolute Gasteiger partial charge is 0.368 e. The van der Waals surface area contributed by atoms with Gasteiger partial charge in [-0.05, 0) is 0 Å². The number of alkyl halides is 3. The van der Waals surface area contributed by atoms with Crippen molar-refractivity contribution in [3.63, 3.8) is 0 Å². The zero-order valence-electron chi connectivity index (χ0n) is 6.15. The SMILES string of the molecule is O=C(C1CNCCO1)C(Cl)(Cl)Cl. The first-order valence-corrected chi connectivity index (χ1v) is 4.58. The van der Waals surface area contributed by atoms with E-state index < -0.39 is 15.7 Å². The molecule has 1 atom stereocenters. The molecule has 1 rings (SSSR count). The van der Waals surface area contributed by atoms with Gasteiger partial charge < -0.3 is 10.1 Å². The molecule has 0 bridgehead atoms. The number of nitrogens with one attached hydrogen (secondary N) is 1. The summed E-state index contributed by atoms with van der Waals surface area (Å²) in [6.45, 7) is 1.60. The number of ketones is 1. The van der Waals surface area contributed by atoms with E-state index in [0.717, 1.165) is 6.54 Å². The van der Waals surface area contributed by atoms with Crippen molar-refractivity contribution in [3.8, 4) is 0 Å². The molecular weight excluding hydrogens is 224 g/mol. The molecule has 1 aliphatic rings. The fourth-order valence-electron chi connectivity index (χ4n) is 0.916. The topological polar surface area (TPSA) is 38.3 Å². The molecule has 0 aromatic carbocycles. The van der Waals surface area contributed by atoms with Crippen LogP contribution in [-0.2, 0) is 9.53 Å². The molecule has 1 N–H and O–H groups in total. The number of hydrogen-bond acceptors (Lipinski definition) is 3. The highest BCUT2D eigenvalue weighted by Gasteiger charge is 2.37. The first kappa shape index (κ1) is 10.5. The van der Waals surface area contributed by atoms with Crippen molar-refractivity contribution in [1.82, 2.24) is 5.32 Å². The number of rotatable bonds is 1. The van der Waals surface area contributed by atoms with E-state index in [1.54, 1.807) is 0 Å². The molecule has 1 saturated heterocycles. The molecule has 0 aromatic heterocycles. The van der Waals surface area contributed by atoms with Crippen molar-refractivity contribution >= 4 is 40.6 Å². The minimum atomic E-state index is -1.87. The molecule has 1 heterocycles. The van der Waals surface area contributed by atoms with Gasteiger partial charge in [0.15, 0.2) is 0 Å². The smallest absolute Gasteiger partial charge is 0.251 e. The van der Waals surface area contributed by atoms with Crippen LogP contribution in [0.5, 0.6) is 0 Å². The Hall–Kier alpha value is 0.460. The summed E-state index contributed by atoms with van der Waals surface area (Å²) in [5.41, 5.74) is 0. The lowest BCUT2D eigenvalue weighted by molar-refractivity contribution is -0.131. The Bertz CT molecular complexity index is 174. The third-order valence-electron chi connectivity index (χ3n) is 1.50. The fourth-order valence-corrected chi connectivity index (χ4v) is 1.28. The van der Waals surface area contributed by atoms with Crippen LogP contribution in [0, 0.1) is 0 Å². The molecule has 0 aromatic rings. The van der Waals surface area contributed by atoms with Crippen LogP contribution in [0.1, 0.15) is 0 Å². The van der Waals surface area contributed by atoms with Gasteiger partial charge in [-0.1, -0.05) is 34.8 Å². The van der Waals surface area contributed by atoms with E-state index in [1.165, 1.54) is 0 Å². The lowest BCUT2D eigenvalue weighted by atomic mass is 10.2. The van der Waals surface area contributed by atoms with Crippen molar-refractivity contribution in [2.24, 2.45) is 0 Å². The van der Waals surface area contributed by atoms with Crippen LogP contribution in [0.4, 0.5) is 0 Å². The van der Waals surface area contributed by atoms with Crippen LogP contribution >= 0.6 is 34.8 Å². The van der Waals surface area contributed by atoms with E-state index in [2.05, 4.69) is 5.32 Å². The number of morpholine rings is 1. The molecule has 70 valence electrons. The first-order valence-electron chi connectivity index (χ1n) is 3.45. The van der Waals surface area contributed by atoms with Crippen LogP contribution in [-0.4, -0.2) is 35.4 Å². The molecule has 3 nitrogen and oxygen atoms in total. The second-order valence-corrected chi connectivity index (χ2v) is 4.71. The summed E-state index contributed by atoms with van der Waals surface area (Å²) < 4.78 is 3.23. The van der Waals surface area contributed by atoms with Gasteiger partial charge in [-0.25, -0.2) is 0 Å². The standard InChI is InChI=1S/C6H8Cl3NO2/c7-6(8,9)5(11)4-3-10-1-2-12-4/h4,10H,1-3H2. The van der Waals surface area contributed by atoms with E-state index >= 15 is 0 Å². The third-order valence-corrected chi connectivity index (χ3v) is 2.06. The molecule has 0 amide bonds. The van der Waals surface area contributed by atoms with E-state index in [9.17, 15) is 4.79 Å². The zero-order chi connectivity index (χ0) is 9.19. The summed E-state index contributed by atoms with van der Waals surface area (Å²) in [6.07, 6.45) is -0.633. The van der Waals surface area contributed by atoms with Crippen LogP contribution in [0.15, 0.2) is 0 Å². The molecule has 0 aliphatic carbocycles. The normalized spacial score (nSPS) is 25.4. The lowest BCUT2D eigenvalue weighted by Gasteiger charge is -2.24. The van der Waals surface area contributed by atoms with E-state index in [0.29, 0.717) is 13.2 Å². The average Bonchev–Trinajstić information content (AvgIpc) is 2.03. The predicted octanol–water partition coefficient (Wildman–Crippen LogP) is 0.914. The lowest BCUT2D eigenvalue weighted by Crippen LogP contribution is -2.46. The summed E-state index contributed by atoms with van der Waals surface area (Å²) in [6, 6.07) is 0. The van der Waals surface area contributed by atoms with Crippen LogP contribution < -0.4 is 5.32 Å². The Morgan fingerprint density at radius 3 is 2.58 bits per heavy atom. The Morgan fingerprint density at radius 2 is 2.17 bits per heavy atom. The number of Topliss-reactive ketones (excluding diaryl/α,β-unsaturated/α-hetero) is 1. The molecular formula is C6H8Cl3NO2. The molecule has 1 fully saturated rings. The molecule has 6 heteroatoms. The molecule has 0 spiro atoms. The summed E-state index contributed by atoms with van der Waals surface area (Å²) >= 11 is 16.2. The third kappa shape index (κ3) is 2.75. The second-order valence-electron chi connectivity index (χ2n) is 2.43. The maximum Gasteiger partial charge on any atom is 0.251 e. The quantitative estimate of drug-likeness (QED) is 0.683. The van der Waals surface area contributed by atoms with E-state index in [1.807, 2.05) is 0 Å². The fraction of sp³-hybridized carbons (Fsp3) is 0.833. The maximum atomic E-state index is 11.3. The Balaban J connectivity index is 2.51. The van der Waals surface area contributed by atoms with E-state index in [4.69, 9.17) is 39.5 Å². The maximum absolute atomic E-state index is 11.3. The van der Waals surface area contributed by atoms with Crippen molar-refractivity contribution in [1.29, 1.82) is 0 Å². The number of hydrogen-bond donors (Lipinski definition) is 1. The minimum absolute atomic E-state index is 0.409. The van der Waals surface area contributed by atoms with Crippen LogP contribution in [0.25, 0.3) is 0 Å². The van der Waals surface area contributed by atoms with Gasteiger partial charge in [-0.15, -0.1) is 0 Å². The molecule has 12 heavy (non-hydrogen) atoms. The van der Waals surface area contributed by atoms with Crippen LogP contribution in [0.3, 0.4) is 0 Å². The zero-order valence-corrected chi connectivity index (χ0v) is 8.42. The minimum Gasteiger partial charge on any atom is -0.368 e.